The van der Waals surface area contributed by atoms with Gasteiger partial charge in [-0.3, -0.25) is 0 Å². The zero-order valence-electron chi connectivity index (χ0n) is 5.52. The molecular formula is C7H5NOS2. The zero-order valence-corrected chi connectivity index (χ0v) is 7.23. The van der Waals surface area contributed by atoms with E-state index in [1.165, 1.54) is 16.9 Å². The Bertz CT molecular complexity index is 294. The summed E-state index contributed by atoms with van der Waals surface area (Å²) in [6.45, 7) is 0. The zero-order chi connectivity index (χ0) is 8.10. The second-order valence-corrected chi connectivity index (χ2v) is 2.99. The molecule has 2 nitrogen and oxygen atoms in total. The van der Waals surface area contributed by atoms with Gasteiger partial charge in [0.05, 0.1) is 5.69 Å². The number of isocyanates is 1. The van der Waals surface area contributed by atoms with E-state index in [0.29, 0.717) is 5.69 Å². The van der Waals surface area contributed by atoms with Crippen LogP contribution in [0.2, 0.25) is 0 Å². The van der Waals surface area contributed by atoms with Crippen molar-refractivity contribution in [3.05, 3.63) is 24.3 Å². The van der Waals surface area contributed by atoms with Crippen LogP contribution >= 0.6 is 22.5 Å². The molecule has 0 saturated heterocycles. The Kier molecular flexibility index (Phi) is 3.23. The minimum Gasteiger partial charge on any atom is -0.211 e. The minimum atomic E-state index is 0.610. The van der Waals surface area contributed by atoms with Crippen LogP contribution in [0.3, 0.4) is 0 Å². The first-order valence-electron chi connectivity index (χ1n) is 2.86. The largest absolute Gasteiger partial charge is 0.240 e. The van der Waals surface area contributed by atoms with E-state index in [4.69, 9.17) is 0 Å². The van der Waals surface area contributed by atoms with Gasteiger partial charge in [0, 0.05) is 4.90 Å². The fraction of sp³-hybridized carbons (Fsp3) is 0. The standard InChI is InChI=1S/C7H5NOS2/c9-5-8-6-2-1-3-7(4-6)11-10/h1-4,10H. The number of aliphatic imine (C=N–C) groups is 1. The second kappa shape index (κ2) is 4.23. The lowest BCUT2D eigenvalue weighted by Crippen LogP contribution is -1.66. The van der Waals surface area contributed by atoms with Crippen molar-refractivity contribution in [3.8, 4) is 0 Å². The van der Waals surface area contributed by atoms with Crippen LogP contribution in [-0.4, -0.2) is 6.08 Å². The fourth-order valence-electron chi connectivity index (χ4n) is 0.663. The maximum atomic E-state index is 9.86. The van der Waals surface area contributed by atoms with Gasteiger partial charge in [0.15, 0.2) is 0 Å². The molecule has 0 amide bonds. The van der Waals surface area contributed by atoms with Crippen LogP contribution in [-0.2, 0) is 4.79 Å². The molecular weight excluding hydrogens is 178 g/mol. The number of hydrogen-bond donors (Lipinski definition) is 1. The van der Waals surface area contributed by atoms with Gasteiger partial charge in [-0.1, -0.05) is 16.9 Å². The molecule has 1 aromatic carbocycles. The number of thiol groups is 1. The lowest BCUT2D eigenvalue weighted by Gasteiger charge is -1.93. The first kappa shape index (κ1) is 8.40. The molecule has 0 saturated carbocycles. The average molecular weight is 183 g/mol. The third-order valence-corrected chi connectivity index (χ3v) is 2.19. The Hall–Kier alpha value is -0.700. The lowest BCUT2D eigenvalue weighted by atomic mass is 10.3. The fourth-order valence-corrected chi connectivity index (χ4v) is 1.32. The highest BCUT2D eigenvalue weighted by molar-refractivity contribution is 8.68. The van der Waals surface area contributed by atoms with E-state index < -0.39 is 0 Å². The first-order chi connectivity index (χ1) is 5.36. The van der Waals surface area contributed by atoms with E-state index in [0.717, 1.165) is 4.90 Å². The van der Waals surface area contributed by atoms with Gasteiger partial charge in [-0.2, -0.15) is 4.99 Å². The molecule has 0 heterocycles. The molecule has 0 atom stereocenters. The number of nitrogens with zero attached hydrogens (tertiary/aromatic N) is 1. The summed E-state index contributed by atoms with van der Waals surface area (Å²) in [5.74, 6) is 0. The number of rotatable bonds is 2. The highest BCUT2D eigenvalue weighted by atomic mass is 33.1. The normalized spacial score (nSPS) is 8.82. The highest BCUT2D eigenvalue weighted by Gasteiger charge is 1.91. The topological polar surface area (TPSA) is 29.4 Å². The SMILES string of the molecule is O=C=Nc1cccc(SS)c1. The van der Waals surface area contributed by atoms with E-state index in [9.17, 15) is 4.79 Å². The number of hydrogen-bond acceptors (Lipinski definition) is 4. The quantitative estimate of drug-likeness (QED) is 0.330. The van der Waals surface area contributed by atoms with Gasteiger partial charge >= 0.3 is 0 Å². The van der Waals surface area contributed by atoms with Gasteiger partial charge < -0.3 is 0 Å². The van der Waals surface area contributed by atoms with Crippen LogP contribution < -0.4 is 0 Å². The molecule has 0 aliphatic rings. The Labute approximate surface area is 73.5 Å². The summed E-state index contributed by atoms with van der Waals surface area (Å²) < 4.78 is 0. The van der Waals surface area contributed by atoms with Crippen LogP contribution in [0.5, 0.6) is 0 Å². The summed E-state index contributed by atoms with van der Waals surface area (Å²) in [5.41, 5.74) is 0.610. The van der Waals surface area contributed by atoms with Gasteiger partial charge in [-0.25, -0.2) is 4.79 Å². The minimum absolute atomic E-state index is 0.610. The monoisotopic (exact) mass is 183 g/mol. The smallest absolute Gasteiger partial charge is 0.211 e. The summed E-state index contributed by atoms with van der Waals surface area (Å²) >= 11 is 4.00. The van der Waals surface area contributed by atoms with E-state index >= 15 is 0 Å². The molecule has 0 radical (unpaired) electrons. The van der Waals surface area contributed by atoms with E-state index in [2.05, 4.69) is 16.7 Å². The van der Waals surface area contributed by atoms with E-state index in [-0.39, 0.29) is 0 Å². The van der Waals surface area contributed by atoms with Crippen molar-refractivity contribution in [1.29, 1.82) is 0 Å². The van der Waals surface area contributed by atoms with Gasteiger partial charge in [0.1, 0.15) is 0 Å². The predicted octanol–water partition coefficient (Wildman–Crippen LogP) is 2.59. The lowest BCUT2D eigenvalue weighted by molar-refractivity contribution is 0.565. The van der Waals surface area contributed by atoms with Crippen molar-refractivity contribution in [3.63, 3.8) is 0 Å². The second-order valence-electron chi connectivity index (χ2n) is 1.79. The Morgan fingerprint density at radius 2 is 2.36 bits per heavy atom. The number of carbonyl (C=O) groups excluding carboxylic acids is 1. The van der Waals surface area contributed by atoms with E-state index in [1.807, 2.05) is 12.1 Å². The summed E-state index contributed by atoms with van der Waals surface area (Å²) in [6.07, 6.45) is 1.48. The average Bonchev–Trinajstić information content (AvgIpc) is 2.06. The van der Waals surface area contributed by atoms with Crippen LogP contribution in [0.15, 0.2) is 34.2 Å². The Morgan fingerprint density at radius 1 is 1.55 bits per heavy atom. The van der Waals surface area contributed by atoms with Crippen molar-refractivity contribution >= 4 is 34.2 Å². The van der Waals surface area contributed by atoms with Crippen molar-refractivity contribution in [2.45, 2.75) is 4.90 Å². The number of benzene rings is 1. The van der Waals surface area contributed by atoms with Gasteiger partial charge in [0.2, 0.25) is 6.08 Å². The summed E-state index contributed by atoms with van der Waals surface area (Å²) in [4.78, 5) is 14.3. The van der Waals surface area contributed by atoms with Gasteiger partial charge in [-0.15, -0.1) is 11.7 Å². The maximum absolute atomic E-state index is 9.86. The molecule has 0 fully saturated rings. The van der Waals surface area contributed by atoms with E-state index in [1.54, 1.807) is 12.1 Å². The van der Waals surface area contributed by atoms with Gasteiger partial charge in [-0.05, 0) is 18.2 Å². The summed E-state index contributed by atoms with van der Waals surface area (Å²) in [6, 6.07) is 7.21. The summed E-state index contributed by atoms with van der Waals surface area (Å²) in [5, 5.41) is 0. The molecule has 0 unspecified atom stereocenters. The van der Waals surface area contributed by atoms with Crippen LogP contribution in [0.1, 0.15) is 0 Å². The van der Waals surface area contributed by atoms with Crippen molar-refractivity contribution in [2.75, 3.05) is 0 Å². The molecule has 1 rings (SSSR count). The molecule has 0 aliphatic heterocycles. The predicted molar refractivity (Wildman–Crippen MR) is 49.1 cm³/mol. The molecule has 56 valence electrons. The van der Waals surface area contributed by atoms with Gasteiger partial charge in [0.25, 0.3) is 0 Å². The van der Waals surface area contributed by atoms with Crippen LogP contribution in [0, 0.1) is 0 Å². The molecule has 0 spiro atoms. The molecule has 0 bridgehead atoms. The molecule has 0 aliphatic carbocycles. The Balaban J connectivity index is 3.00. The molecule has 11 heavy (non-hydrogen) atoms. The molecule has 0 aromatic heterocycles. The maximum Gasteiger partial charge on any atom is 0.240 e. The van der Waals surface area contributed by atoms with Crippen LogP contribution in [0.4, 0.5) is 5.69 Å². The molecule has 4 heteroatoms. The molecule has 1 aromatic rings. The van der Waals surface area contributed by atoms with Crippen molar-refractivity contribution in [2.24, 2.45) is 4.99 Å². The third kappa shape index (κ3) is 2.42. The first-order valence-corrected chi connectivity index (χ1v) is 4.73. The van der Waals surface area contributed by atoms with Crippen molar-refractivity contribution < 1.29 is 4.79 Å². The summed E-state index contributed by atoms with van der Waals surface area (Å²) in [7, 11) is 1.31. The van der Waals surface area contributed by atoms with Crippen LogP contribution in [0.25, 0.3) is 0 Å². The highest BCUT2D eigenvalue weighted by Crippen LogP contribution is 2.24. The Morgan fingerprint density at radius 3 is 3.00 bits per heavy atom. The van der Waals surface area contributed by atoms with Crippen molar-refractivity contribution in [1.82, 2.24) is 0 Å². The molecule has 0 N–H and O–H groups in total. The third-order valence-electron chi connectivity index (χ3n) is 1.10.